The molecule has 0 unspecified atom stereocenters. The summed E-state index contributed by atoms with van der Waals surface area (Å²) in [6.07, 6.45) is 4.81. The number of nitrogens with zero attached hydrogens (tertiary/aromatic N) is 2. The van der Waals surface area contributed by atoms with E-state index in [0.29, 0.717) is 23.4 Å². The van der Waals surface area contributed by atoms with Crippen molar-refractivity contribution in [1.82, 2.24) is 20.4 Å². The van der Waals surface area contributed by atoms with Crippen molar-refractivity contribution in [3.63, 3.8) is 0 Å². The molecule has 0 aliphatic carbocycles. The first-order valence-electron chi connectivity index (χ1n) is 8.80. The maximum atomic E-state index is 14.3. The Morgan fingerprint density at radius 1 is 1.37 bits per heavy atom. The zero-order valence-electron chi connectivity index (χ0n) is 15.5. The van der Waals surface area contributed by atoms with E-state index in [4.69, 9.17) is 11.6 Å². The fourth-order valence-corrected chi connectivity index (χ4v) is 4.04. The van der Waals surface area contributed by atoms with Crippen LogP contribution < -0.4 is 10.6 Å². The van der Waals surface area contributed by atoms with Gasteiger partial charge in [-0.1, -0.05) is 31.5 Å². The number of amides is 1. The van der Waals surface area contributed by atoms with Crippen LogP contribution in [-0.2, 0) is 15.7 Å². The number of benzene rings is 1. The SMILES string of the molecule is CC(C)(CNC(=O)C1(n2cccn2)CCNCC1)c1c(F)cccc1Cl.Cl. The van der Waals surface area contributed by atoms with Crippen LogP contribution in [0.1, 0.15) is 32.3 Å². The van der Waals surface area contributed by atoms with Crippen LogP contribution in [-0.4, -0.2) is 35.3 Å². The molecule has 1 fully saturated rings. The Balaban J connectivity index is 0.00000261. The van der Waals surface area contributed by atoms with Crippen LogP contribution in [0.3, 0.4) is 0 Å². The molecule has 27 heavy (non-hydrogen) atoms. The Morgan fingerprint density at radius 2 is 2.07 bits per heavy atom. The average molecular weight is 415 g/mol. The number of carbonyl (C=O) groups is 1. The predicted molar refractivity (Wildman–Crippen MR) is 107 cm³/mol. The molecule has 1 aliphatic heterocycles. The molecule has 2 aromatic rings. The highest BCUT2D eigenvalue weighted by molar-refractivity contribution is 6.31. The third-order valence-electron chi connectivity index (χ3n) is 5.13. The fourth-order valence-electron chi connectivity index (χ4n) is 3.62. The van der Waals surface area contributed by atoms with Crippen LogP contribution >= 0.6 is 24.0 Å². The van der Waals surface area contributed by atoms with Crippen LogP contribution in [0.15, 0.2) is 36.7 Å². The van der Waals surface area contributed by atoms with Crippen molar-refractivity contribution in [1.29, 1.82) is 0 Å². The number of halogens is 3. The van der Waals surface area contributed by atoms with Crippen LogP contribution in [0.4, 0.5) is 4.39 Å². The normalized spacial score (nSPS) is 16.4. The lowest BCUT2D eigenvalue weighted by Crippen LogP contribution is -2.56. The summed E-state index contributed by atoms with van der Waals surface area (Å²) in [6, 6.07) is 6.46. The van der Waals surface area contributed by atoms with Gasteiger partial charge in [0.1, 0.15) is 11.4 Å². The summed E-state index contributed by atoms with van der Waals surface area (Å²) in [5, 5.41) is 11.0. The highest BCUT2D eigenvalue weighted by atomic mass is 35.5. The van der Waals surface area contributed by atoms with Gasteiger partial charge in [-0.05, 0) is 44.1 Å². The average Bonchev–Trinajstić information content (AvgIpc) is 3.15. The zero-order chi connectivity index (χ0) is 18.8. The van der Waals surface area contributed by atoms with Gasteiger partial charge in [0, 0.05) is 34.9 Å². The molecule has 0 radical (unpaired) electrons. The largest absolute Gasteiger partial charge is 0.353 e. The summed E-state index contributed by atoms with van der Waals surface area (Å²) in [7, 11) is 0. The molecule has 0 saturated carbocycles. The summed E-state index contributed by atoms with van der Waals surface area (Å²) in [5.41, 5.74) is -0.944. The van der Waals surface area contributed by atoms with Crippen LogP contribution in [0, 0.1) is 5.82 Å². The third kappa shape index (κ3) is 4.28. The number of hydrogen-bond donors (Lipinski definition) is 2. The molecule has 5 nitrogen and oxygen atoms in total. The van der Waals surface area contributed by atoms with Crippen molar-refractivity contribution in [2.45, 2.75) is 37.6 Å². The lowest BCUT2D eigenvalue weighted by atomic mass is 9.83. The summed E-state index contributed by atoms with van der Waals surface area (Å²) in [6.45, 7) is 5.52. The van der Waals surface area contributed by atoms with E-state index in [9.17, 15) is 9.18 Å². The van der Waals surface area contributed by atoms with E-state index in [-0.39, 0.29) is 30.7 Å². The van der Waals surface area contributed by atoms with Crippen molar-refractivity contribution in [3.05, 3.63) is 53.1 Å². The molecule has 2 heterocycles. The van der Waals surface area contributed by atoms with Crippen molar-refractivity contribution >= 4 is 29.9 Å². The maximum absolute atomic E-state index is 14.3. The number of carbonyl (C=O) groups excluding carboxylic acids is 1. The van der Waals surface area contributed by atoms with Gasteiger partial charge in [0.2, 0.25) is 5.91 Å². The van der Waals surface area contributed by atoms with Gasteiger partial charge in [-0.3, -0.25) is 9.48 Å². The quantitative estimate of drug-likeness (QED) is 0.788. The van der Waals surface area contributed by atoms with Crippen LogP contribution in [0.2, 0.25) is 5.02 Å². The van der Waals surface area contributed by atoms with E-state index in [0.717, 1.165) is 13.1 Å². The van der Waals surface area contributed by atoms with Gasteiger partial charge in [-0.2, -0.15) is 5.10 Å². The van der Waals surface area contributed by atoms with Gasteiger partial charge < -0.3 is 10.6 Å². The minimum atomic E-state index is -0.718. The fraction of sp³-hybridized carbons (Fsp3) is 0.474. The van der Waals surface area contributed by atoms with E-state index in [1.54, 1.807) is 23.0 Å². The zero-order valence-corrected chi connectivity index (χ0v) is 17.0. The molecule has 0 spiro atoms. The van der Waals surface area contributed by atoms with E-state index < -0.39 is 11.0 Å². The molecule has 2 N–H and O–H groups in total. The third-order valence-corrected chi connectivity index (χ3v) is 5.44. The molecular weight excluding hydrogens is 390 g/mol. The summed E-state index contributed by atoms with van der Waals surface area (Å²) < 4.78 is 16.0. The minimum absolute atomic E-state index is 0. The number of nitrogens with one attached hydrogen (secondary N) is 2. The summed E-state index contributed by atoms with van der Waals surface area (Å²) in [4.78, 5) is 13.1. The van der Waals surface area contributed by atoms with Gasteiger partial charge in [0.05, 0.1) is 0 Å². The lowest BCUT2D eigenvalue weighted by molar-refractivity contribution is -0.132. The van der Waals surface area contributed by atoms with Crippen molar-refractivity contribution in [2.24, 2.45) is 0 Å². The highest BCUT2D eigenvalue weighted by Gasteiger charge is 2.42. The molecule has 1 saturated heterocycles. The Hall–Kier alpha value is -1.63. The van der Waals surface area contributed by atoms with Crippen LogP contribution in [0.5, 0.6) is 0 Å². The van der Waals surface area contributed by atoms with Gasteiger partial charge in [0.15, 0.2) is 0 Å². The highest BCUT2D eigenvalue weighted by Crippen LogP contribution is 2.33. The molecular formula is C19H25Cl2FN4O. The molecule has 0 bridgehead atoms. The van der Waals surface area contributed by atoms with Gasteiger partial charge in [-0.15, -0.1) is 12.4 Å². The molecule has 3 rings (SSSR count). The van der Waals surface area contributed by atoms with Crippen molar-refractivity contribution in [2.75, 3.05) is 19.6 Å². The lowest BCUT2D eigenvalue weighted by Gasteiger charge is -2.37. The number of hydrogen-bond acceptors (Lipinski definition) is 3. The van der Waals surface area contributed by atoms with Gasteiger partial charge in [0.25, 0.3) is 0 Å². The van der Waals surface area contributed by atoms with Gasteiger partial charge >= 0.3 is 0 Å². The molecule has 1 aromatic heterocycles. The van der Waals surface area contributed by atoms with E-state index >= 15 is 0 Å². The first-order chi connectivity index (χ1) is 12.4. The molecule has 1 aromatic carbocycles. The molecule has 1 aliphatic rings. The second-order valence-corrected chi connectivity index (χ2v) is 7.80. The predicted octanol–water partition coefficient (Wildman–Crippen LogP) is 3.27. The first-order valence-corrected chi connectivity index (χ1v) is 9.18. The monoisotopic (exact) mass is 414 g/mol. The topological polar surface area (TPSA) is 59.0 Å². The number of aromatic nitrogens is 2. The smallest absolute Gasteiger partial charge is 0.248 e. The Morgan fingerprint density at radius 3 is 2.67 bits per heavy atom. The molecule has 8 heteroatoms. The van der Waals surface area contributed by atoms with Crippen molar-refractivity contribution in [3.8, 4) is 0 Å². The van der Waals surface area contributed by atoms with E-state index in [1.807, 2.05) is 26.1 Å². The van der Waals surface area contributed by atoms with Crippen LogP contribution in [0.25, 0.3) is 0 Å². The molecule has 148 valence electrons. The molecule has 1 amide bonds. The second kappa shape index (κ2) is 8.59. The number of rotatable bonds is 5. The maximum Gasteiger partial charge on any atom is 0.248 e. The summed E-state index contributed by atoms with van der Waals surface area (Å²) in [5.74, 6) is -0.455. The molecule has 0 atom stereocenters. The van der Waals surface area contributed by atoms with E-state index in [2.05, 4.69) is 15.7 Å². The standard InChI is InChI=1S/C19H24ClFN4O.ClH/c1-18(2,16-14(20)5-3-6-15(16)21)13-23-17(26)19(7-10-22-11-8-19)25-12-4-9-24-25;/h3-6,9,12,22H,7-8,10-11,13H2,1-2H3,(H,23,26);1H. The first kappa shape index (κ1) is 21.7. The Bertz CT molecular complexity index is 754. The number of piperidine rings is 1. The Kier molecular flexibility index (Phi) is 6.89. The van der Waals surface area contributed by atoms with Crippen molar-refractivity contribution < 1.29 is 9.18 Å². The minimum Gasteiger partial charge on any atom is -0.353 e. The summed E-state index contributed by atoms with van der Waals surface area (Å²) >= 11 is 6.21. The Labute approximate surface area is 170 Å². The van der Waals surface area contributed by atoms with Gasteiger partial charge in [-0.25, -0.2) is 4.39 Å². The van der Waals surface area contributed by atoms with E-state index in [1.165, 1.54) is 6.07 Å². The second-order valence-electron chi connectivity index (χ2n) is 7.40.